The van der Waals surface area contributed by atoms with Crippen LogP contribution in [0.3, 0.4) is 0 Å². The van der Waals surface area contributed by atoms with Crippen molar-refractivity contribution in [3.05, 3.63) is 134 Å². The molecular weight excluding hydrogens is 602 g/mol. The highest BCUT2D eigenvalue weighted by atomic mass is 79.9. The third-order valence-electron chi connectivity index (χ3n) is 6.56. The van der Waals surface area contributed by atoms with Crippen molar-refractivity contribution in [1.29, 1.82) is 0 Å². The highest BCUT2D eigenvalue weighted by Gasteiger charge is 2.25. The molecule has 0 fully saturated rings. The molecule has 0 unspecified atom stereocenters. The molecule has 0 N–H and O–H groups in total. The maximum atomic E-state index is 14.2. The predicted octanol–water partition coefficient (Wildman–Crippen LogP) is 8.62. The van der Waals surface area contributed by atoms with Crippen LogP contribution in [0.2, 0.25) is 5.02 Å². The number of hydrogen-bond donors (Lipinski definition) is 0. The van der Waals surface area contributed by atoms with Gasteiger partial charge in [-0.3, -0.25) is 14.4 Å². The molecule has 0 aliphatic rings. The summed E-state index contributed by atoms with van der Waals surface area (Å²) in [6.07, 6.45) is -0.439. The number of nitrogens with zero attached hydrogens (tertiary/aromatic N) is 1. The van der Waals surface area contributed by atoms with Gasteiger partial charge in [0.2, 0.25) is 0 Å². The van der Waals surface area contributed by atoms with Gasteiger partial charge in [-0.25, -0.2) is 0 Å². The van der Waals surface area contributed by atoms with Crippen LogP contribution in [0.4, 0.5) is 0 Å². The molecule has 41 heavy (non-hydrogen) atoms. The second-order valence-corrected chi connectivity index (χ2v) is 10.4. The number of halogens is 2. The summed E-state index contributed by atoms with van der Waals surface area (Å²) in [6, 6.07) is 28.7. The van der Waals surface area contributed by atoms with Crippen LogP contribution in [0.1, 0.15) is 46.5 Å². The average Bonchev–Trinajstić information content (AvgIpc) is 3.00. The van der Waals surface area contributed by atoms with E-state index in [1.54, 1.807) is 54.1 Å². The number of carbonyl (C=O) groups excluding carboxylic acids is 2. The standard InChI is InChI=1S/C32H23BrClNO4.C2H6/c1-39-25-14-7-20(8-15-25)19-35-27-16-13-24(34)17-26(27)30(22-5-3-2-4-6-22)31(32(35)38)29(37)18-28(36)21-9-11-23(33)12-10-21;1-2/h2-17H,18-19H2,1H3;1-2H3. The molecule has 0 saturated carbocycles. The minimum Gasteiger partial charge on any atom is -0.497 e. The Bertz CT molecular complexity index is 1750. The van der Waals surface area contributed by atoms with Gasteiger partial charge >= 0.3 is 0 Å². The van der Waals surface area contributed by atoms with Gasteiger partial charge in [-0.15, -0.1) is 0 Å². The molecule has 0 atom stereocenters. The number of benzene rings is 4. The summed E-state index contributed by atoms with van der Waals surface area (Å²) in [5.74, 6) is -0.208. The number of hydrogen-bond acceptors (Lipinski definition) is 4. The first-order valence-electron chi connectivity index (χ1n) is 13.2. The Labute approximate surface area is 252 Å². The van der Waals surface area contributed by atoms with Gasteiger partial charge in [-0.2, -0.15) is 0 Å². The highest BCUT2D eigenvalue weighted by Crippen LogP contribution is 2.33. The first kappa shape index (κ1) is 30.0. The Hall–Kier alpha value is -4.00. The van der Waals surface area contributed by atoms with E-state index < -0.39 is 17.8 Å². The molecule has 0 aliphatic carbocycles. The average molecular weight is 631 g/mol. The number of rotatable bonds is 8. The molecule has 7 heteroatoms. The van der Waals surface area contributed by atoms with Crippen LogP contribution >= 0.6 is 27.5 Å². The summed E-state index contributed by atoms with van der Waals surface area (Å²) in [6.45, 7) is 4.22. The van der Waals surface area contributed by atoms with E-state index in [-0.39, 0.29) is 17.9 Å². The van der Waals surface area contributed by atoms with Crippen LogP contribution in [0.5, 0.6) is 5.75 Å². The quantitative estimate of drug-likeness (QED) is 0.127. The van der Waals surface area contributed by atoms with Crippen LogP contribution in [0, 0.1) is 0 Å². The van der Waals surface area contributed by atoms with Crippen molar-refractivity contribution < 1.29 is 14.3 Å². The SMILES string of the molecule is CC.COc1ccc(Cn2c(=O)c(C(=O)CC(=O)c3ccc(Br)cc3)c(-c3ccccc3)c3cc(Cl)ccc32)cc1. The maximum Gasteiger partial charge on any atom is 0.262 e. The van der Waals surface area contributed by atoms with Crippen molar-refractivity contribution in [2.24, 2.45) is 0 Å². The van der Waals surface area contributed by atoms with Gasteiger partial charge in [0.25, 0.3) is 5.56 Å². The van der Waals surface area contributed by atoms with Gasteiger partial charge in [-0.05, 0) is 53.6 Å². The van der Waals surface area contributed by atoms with Crippen molar-refractivity contribution in [2.75, 3.05) is 7.11 Å². The minimum atomic E-state index is -0.544. The van der Waals surface area contributed by atoms with Crippen LogP contribution < -0.4 is 10.3 Å². The third-order valence-corrected chi connectivity index (χ3v) is 7.32. The summed E-state index contributed by atoms with van der Waals surface area (Å²) >= 11 is 9.79. The summed E-state index contributed by atoms with van der Waals surface area (Å²) < 4.78 is 7.65. The molecular formula is C34H29BrClNO4. The molecule has 0 amide bonds. The fourth-order valence-electron chi connectivity index (χ4n) is 4.64. The summed E-state index contributed by atoms with van der Waals surface area (Å²) in [5, 5.41) is 1.12. The van der Waals surface area contributed by atoms with E-state index in [4.69, 9.17) is 16.3 Å². The monoisotopic (exact) mass is 629 g/mol. The van der Waals surface area contributed by atoms with Gasteiger partial charge in [0.15, 0.2) is 11.6 Å². The van der Waals surface area contributed by atoms with E-state index in [9.17, 15) is 14.4 Å². The van der Waals surface area contributed by atoms with Crippen molar-refractivity contribution in [3.8, 4) is 16.9 Å². The molecule has 4 aromatic carbocycles. The second-order valence-electron chi connectivity index (χ2n) is 9.05. The lowest BCUT2D eigenvalue weighted by atomic mass is 9.91. The number of ketones is 2. The van der Waals surface area contributed by atoms with E-state index in [2.05, 4.69) is 15.9 Å². The van der Waals surface area contributed by atoms with Gasteiger partial charge in [-0.1, -0.05) is 96.0 Å². The number of pyridine rings is 1. The molecule has 5 aromatic rings. The molecule has 0 radical (unpaired) electrons. The zero-order valence-corrected chi connectivity index (χ0v) is 25.3. The molecule has 0 spiro atoms. The summed E-state index contributed by atoms with van der Waals surface area (Å²) in [5.41, 5.74) is 2.55. The first-order chi connectivity index (χ1) is 19.9. The number of aromatic nitrogens is 1. The molecule has 5 nitrogen and oxygen atoms in total. The minimum absolute atomic E-state index is 0.0325. The van der Waals surface area contributed by atoms with Crippen LogP contribution in [0.25, 0.3) is 22.0 Å². The topological polar surface area (TPSA) is 65.4 Å². The highest BCUT2D eigenvalue weighted by molar-refractivity contribution is 9.10. The molecule has 208 valence electrons. The predicted molar refractivity (Wildman–Crippen MR) is 170 cm³/mol. The van der Waals surface area contributed by atoms with Crippen molar-refractivity contribution in [3.63, 3.8) is 0 Å². The number of ether oxygens (including phenoxy) is 1. The Morgan fingerprint density at radius 2 is 1.51 bits per heavy atom. The van der Waals surface area contributed by atoms with E-state index in [0.717, 1.165) is 10.0 Å². The van der Waals surface area contributed by atoms with E-state index in [1.165, 1.54) is 0 Å². The Kier molecular flexibility index (Phi) is 9.92. The smallest absolute Gasteiger partial charge is 0.262 e. The molecule has 5 rings (SSSR count). The first-order valence-corrected chi connectivity index (χ1v) is 14.4. The van der Waals surface area contributed by atoms with E-state index >= 15 is 0 Å². The number of carbonyl (C=O) groups is 2. The maximum absolute atomic E-state index is 14.2. The molecule has 0 aliphatic heterocycles. The third kappa shape index (κ3) is 6.67. The van der Waals surface area contributed by atoms with Gasteiger partial charge in [0, 0.05) is 26.0 Å². The summed E-state index contributed by atoms with van der Waals surface area (Å²) in [4.78, 5) is 41.1. The van der Waals surface area contributed by atoms with E-state index in [1.807, 2.05) is 68.4 Å². The molecule has 1 aromatic heterocycles. The molecule has 0 bridgehead atoms. The molecule has 0 saturated heterocycles. The Balaban J connectivity index is 0.00000189. The van der Waals surface area contributed by atoms with Crippen molar-refractivity contribution in [2.45, 2.75) is 26.8 Å². The second kappa shape index (κ2) is 13.6. The Morgan fingerprint density at radius 3 is 2.15 bits per heavy atom. The number of methoxy groups -OCH3 is 1. The zero-order valence-electron chi connectivity index (χ0n) is 23.0. The van der Waals surface area contributed by atoms with Crippen LogP contribution in [0.15, 0.2) is 106 Å². The van der Waals surface area contributed by atoms with Crippen molar-refractivity contribution in [1.82, 2.24) is 4.57 Å². The fraction of sp³-hybridized carbons (Fsp3) is 0.147. The number of Topliss-reactive ketones (excluding diaryl/α,β-unsaturated/α-hetero) is 2. The van der Waals surface area contributed by atoms with Gasteiger partial charge in [0.1, 0.15) is 5.75 Å². The lowest BCUT2D eigenvalue weighted by molar-refractivity contribution is 0.0893. The summed E-state index contributed by atoms with van der Waals surface area (Å²) in [7, 11) is 1.59. The van der Waals surface area contributed by atoms with Crippen molar-refractivity contribution >= 4 is 50.0 Å². The van der Waals surface area contributed by atoms with E-state index in [0.29, 0.717) is 38.4 Å². The Morgan fingerprint density at radius 1 is 0.854 bits per heavy atom. The lowest BCUT2D eigenvalue weighted by Crippen LogP contribution is -2.29. The number of fused-ring (bicyclic) bond motifs is 1. The lowest BCUT2D eigenvalue weighted by Gasteiger charge is -2.18. The van der Waals surface area contributed by atoms with Gasteiger partial charge in [0.05, 0.1) is 31.2 Å². The normalized spacial score (nSPS) is 10.6. The fourth-order valence-corrected chi connectivity index (χ4v) is 5.07. The van der Waals surface area contributed by atoms with Crippen LogP contribution in [-0.4, -0.2) is 23.2 Å². The molecule has 1 heterocycles. The van der Waals surface area contributed by atoms with Gasteiger partial charge < -0.3 is 9.30 Å². The largest absolute Gasteiger partial charge is 0.497 e. The zero-order chi connectivity index (χ0) is 29.5. The van der Waals surface area contributed by atoms with Crippen LogP contribution in [-0.2, 0) is 6.54 Å².